The summed E-state index contributed by atoms with van der Waals surface area (Å²) in [6, 6.07) is 0. The van der Waals surface area contributed by atoms with Crippen LogP contribution in [0.4, 0.5) is 0 Å². The van der Waals surface area contributed by atoms with Crippen LogP contribution in [0.2, 0.25) is 0 Å². The van der Waals surface area contributed by atoms with Crippen LogP contribution in [0.25, 0.3) is 0 Å². The smallest absolute Gasteiger partial charge is 0.234 e. The minimum Gasteiger partial charge on any atom is -0.355 e. The summed E-state index contributed by atoms with van der Waals surface area (Å²) in [5.41, 5.74) is 0. The Morgan fingerprint density at radius 3 is 1.27 bits per heavy atom. The van der Waals surface area contributed by atoms with Gasteiger partial charge in [0.25, 0.3) is 0 Å². The van der Waals surface area contributed by atoms with E-state index in [1.165, 1.54) is 64.2 Å². The van der Waals surface area contributed by atoms with Crippen LogP contribution in [0.1, 0.15) is 90.9 Å². The molecular formula is C24H48N4O2. The summed E-state index contributed by atoms with van der Waals surface area (Å²) in [7, 11) is 0. The van der Waals surface area contributed by atoms with Gasteiger partial charge >= 0.3 is 0 Å². The van der Waals surface area contributed by atoms with E-state index in [1.54, 1.807) is 0 Å². The molecule has 0 unspecified atom stereocenters. The Labute approximate surface area is 185 Å². The van der Waals surface area contributed by atoms with E-state index in [-0.39, 0.29) is 11.8 Å². The molecule has 0 radical (unpaired) electrons. The van der Waals surface area contributed by atoms with E-state index in [2.05, 4.69) is 34.3 Å². The van der Waals surface area contributed by atoms with Gasteiger partial charge in [-0.15, -0.1) is 0 Å². The number of amides is 2. The van der Waals surface area contributed by atoms with E-state index in [0.717, 1.165) is 52.1 Å². The molecule has 2 N–H and O–H groups in total. The molecule has 1 rings (SSSR count). The summed E-state index contributed by atoms with van der Waals surface area (Å²) >= 11 is 0. The highest BCUT2D eigenvalue weighted by Gasteiger charge is 2.20. The number of hydrogen-bond donors (Lipinski definition) is 2. The minimum absolute atomic E-state index is 0.133. The topological polar surface area (TPSA) is 64.7 Å². The van der Waals surface area contributed by atoms with Gasteiger partial charge in [-0.25, -0.2) is 0 Å². The lowest BCUT2D eigenvalue weighted by Gasteiger charge is -2.33. The summed E-state index contributed by atoms with van der Waals surface area (Å²) in [4.78, 5) is 28.6. The highest BCUT2D eigenvalue weighted by atomic mass is 16.2. The summed E-state index contributed by atoms with van der Waals surface area (Å²) in [5, 5.41) is 6.10. The Hall–Kier alpha value is -1.14. The first kappa shape index (κ1) is 26.9. The normalized spacial score (nSPS) is 15.3. The van der Waals surface area contributed by atoms with Crippen molar-refractivity contribution in [2.45, 2.75) is 90.9 Å². The third kappa shape index (κ3) is 14.8. The molecule has 0 aromatic heterocycles. The summed E-state index contributed by atoms with van der Waals surface area (Å²) in [6.07, 6.45) is 14.9. The van der Waals surface area contributed by atoms with Gasteiger partial charge in [-0.2, -0.15) is 0 Å². The highest BCUT2D eigenvalue weighted by molar-refractivity contribution is 5.78. The second-order valence-electron chi connectivity index (χ2n) is 8.79. The lowest BCUT2D eigenvalue weighted by Crippen LogP contribution is -2.51. The van der Waals surface area contributed by atoms with Gasteiger partial charge in [0.15, 0.2) is 0 Å². The van der Waals surface area contributed by atoms with Crippen LogP contribution < -0.4 is 10.6 Å². The first-order valence-corrected chi connectivity index (χ1v) is 12.6. The molecule has 176 valence electrons. The monoisotopic (exact) mass is 424 g/mol. The number of hydrogen-bond acceptors (Lipinski definition) is 4. The molecule has 0 aliphatic carbocycles. The summed E-state index contributed by atoms with van der Waals surface area (Å²) in [5.74, 6) is 0.266. The fourth-order valence-corrected chi connectivity index (χ4v) is 3.89. The van der Waals surface area contributed by atoms with Crippen molar-refractivity contribution in [3.05, 3.63) is 0 Å². The fourth-order valence-electron chi connectivity index (χ4n) is 3.89. The maximum Gasteiger partial charge on any atom is 0.234 e. The Morgan fingerprint density at radius 2 is 0.900 bits per heavy atom. The molecule has 2 amide bonds. The maximum atomic E-state index is 12.1. The van der Waals surface area contributed by atoms with Gasteiger partial charge in [0.05, 0.1) is 13.1 Å². The second-order valence-corrected chi connectivity index (χ2v) is 8.79. The van der Waals surface area contributed by atoms with Crippen LogP contribution in [0, 0.1) is 0 Å². The van der Waals surface area contributed by atoms with Crippen molar-refractivity contribution < 1.29 is 9.59 Å². The Balaban J connectivity index is 1.99. The van der Waals surface area contributed by atoms with Crippen LogP contribution in [0.15, 0.2) is 0 Å². The SMILES string of the molecule is CCCCCCCCNC(=O)CN1CCN(CC(=O)NCCCCCCCC)CC1. The van der Waals surface area contributed by atoms with E-state index in [0.29, 0.717) is 13.1 Å². The molecule has 1 aliphatic rings. The molecule has 1 fully saturated rings. The molecule has 30 heavy (non-hydrogen) atoms. The number of carbonyl (C=O) groups excluding carboxylic acids is 2. The van der Waals surface area contributed by atoms with Crippen molar-refractivity contribution in [1.29, 1.82) is 0 Å². The van der Waals surface area contributed by atoms with Crippen LogP contribution >= 0.6 is 0 Å². The third-order valence-electron chi connectivity index (χ3n) is 5.90. The molecule has 1 saturated heterocycles. The van der Waals surface area contributed by atoms with Gasteiger partial charge in [0.2, 0.25) is 11.8 Å². The van der Waals surface area contributed by atoms with E-state index in [4.69, 9.17) is 0 Å². The highest BCUT2D eigenvalue weighted by Crippen LogP contribution is 2.05. The zero-order valence-corrected chi connectivity index (χ0v) is 19.9. The lowest BCUT2D eigenvalue weighted by molar-refractivity contribution is -0.125. The van der Waals surface area contributed by atoms with E-state index < -0.39 is 0 Å². The maximum absolute atomic E-state index is 12.1. The average molecular weight is 425 g/mol. The summed E-state index contributed by atoms with van der Waals surface area (Å²) < 4.78 is 0. The van der Waals surface area contributed by atoms with Crippen molar-refractivity contribution in [1.82, 2.24) is 20.4 Å². The number of unbranched alkanes of at least 4 members (excludes halogenated alkanes) is 10. The molecule has 6 heteroatoms. The average Bonchev–Trinajstić information content (AvgIpc) is 2.74. The predicted octanol–water partition coefficient (Wildman–Crippen LogP) is 3.56. The number of piperazine rings is 1. The Morgan fingerprint density at radius 1 is 0.567 bits per heavy atom. The number of carbonyl (C=O) groups is 2. The van der Waals surface area contributed by atoms with Crippen molar-refractivity contribution >= 4 is 11.8 Å². The third-order valence-corrected chi connectivity index (χ3v) is 5.90. The van der Waals surface area contributed by atoms with Crippen LogP contribution in [0.3, 0.4) is 0 Å². The standard InChI is InChI=1S/C24H48N4O2/c1-3-5-7-9-11-13-15-25-23(29)21-27-17-19-28(20-18-27)22-24(30)26-16-14-12-10-8-6-4-2/h3-22H2,1-2H3,(H,25,29)(H,26,30). The minimum atomic E-state index is 0.133. The van der Waals surface area contributed by atoms with Gasteiger partial charge in [0, 0.05) is 39.3 Å². The van der Waals surface area contributed by atoms with E-state index in [9.17, 15) is 9.59 Å². The first-order valence-electron chi connectivity index (χ1n) is 12.6. The first-order chi connectivity index (χ1) is 14.7. The van der Waals surface area contributed by atoms with Crippen LogP contribution in [-0.4, -0.2) is 74.0 Å². The van der Waals surface area contributed by atoms with Crippen molar-refractivity contribution in [2.75, 3.05) is 52.4 Å². The van der Waals surface area contributed by atoms with Crippen molar-refractivity contribution in [2.24, 2.45) is 0 Å². The largest absolute Gasteiger partial charge is 0.355 e. The fraction of sp³-hybridized carbons (Fsp3) is 0.917. The predicted molar refractivity (Wildman–Crippen MR) is 126 cm³/mol. The molecule has 1 aliphatic heterocycles. The molecular weight excluding hydrogens is 376 g/mol. The van der Waals surface area contributed by atoms with Crippen molar-refractivity contribution in [3.63, 3.8) is 0 Å². The van der Waals surface area contributed by atoms with E-state index in [1.807, 2.05) is 0 Å². The van der Waals surface area contributed by atoms with Crippen LogP contribution in [-0.2, 0) is 9.59 Å². The van der Waals surface area contributed by atoms with E-state index >= 15 is 0 Å². The number of nitrogens with one attached hydrogen (secondary N) is 2. The second kappa shape index (κ2) is 18.6. The van der Waals surface area contributed by atoms with Gasteiger partial charge in [-0.3, -0.25) is 19.4 Å². The molecule has 0 aromatic rings. The zero-order valence-electron chi connectivity index (χ0n) is 19.9. The van der Waals surface area contributed by atoms with Gasteiger partial charge in [0.1, 0.15) is 0 Å². The van der Waals surface area contributed by atoms with Gasteiger partial charge in [-0.05, 0) is 12.8 Å². The molecule has 1 heterocycles. The number of nitrogens with zero attached hydrogens (tertiary/aromatic N) is 2. The zero-order chi connectivity index (χ0) is 21.9. The Kier molecular flexibility index (Phi) is 16.7. The van der Waals surface area contributed by atoms with Crippen molar-refractivity contribution in [3.8, 4) is 0 Å². The molecule has 0 atom stereocenters. The Bertz CT molecular complexity index is 397. The lowest BCUT2D eigenvalue weighted by atomic mass is 10.1. The quantitative estimate of drug-likeness (QED) is 0.330. The molecule has 0 bridgehead atoms. The molecule has 0 saturated carbocycles. The summed E-state index contributed by atoms with van der Waals surface area (Å²) in [6.45, 7) is 10.4. The number of rotatable bonds is 18. The molecule has 0 aromatic carbocycles. The molecule has 6 nitrogen and oxygen atoms in total. The molecule has 0 spiro atoms. The van der Waals surface area contributed by atoms with Gasteiger partial charge in [-0.1, -0.05) is 78.1 Å². The van der Waals surface area contributed by atoms with Crippen LogP contribution in [0.5, 0.6) is 0 Å². The van der Waals surface area contributed by atoms with Gasteiger partial charge < -0.3 is 10.6 Å².